The number of benzene rings is 2. The molecular weight excluding hydrogens is 548 g/mol. The summed E-state index contributed by atoms with van der Waals surface area (Å²) in [6.45, 7) is 7.36. The third-order valence-corrected chi connectivity index (χ3v) is 8.14. The van der Waals surface area contributed by atoms with Gasteiger partial charge in [-0.2, -0.15) is 8.42 Å². The Morgan fingerprint density at radius 1 is 1.00 bits per heavy atom. The zero-order valence-corrected chi connectivity index (χ0v) is 25.1. The number of amides is 3. The molecule has 0 aromatic heterocycles. The van der Waals surface area contributed by atoms with Gasteiger partial charge in [-0.3, -0.25) is 9.59 Å². The zero-order valence-electron chi connectivity index (χ0n) is 24.3. The van der Waals surface area contributed by atoms with E-state index >= 15 is 0 Å². The number of methoxy groups -OCH3 is 1. The van der Waals surface area contributed by atoms with Crippen molar-refractivity contribution in [2.75, 3.05) is 24.5 Å². The molecule has 224 valence electrons. The number of anilines is 1. The lowest BCUT2D eigenvalue weighted by Crippen LogP contribution is -2.49. The molecule has 1 aliphatic heterocycles. The zero-order chi connectivity index (χ0) is 30.2. The molecular formula is C29H40N4O7S. The number of ether oxygens (including phenoxy) is 2. The second-order valence-corrected chi connectivity index (χ2v) is 12.6. The van der Waals surface area contributed by atoms with Gasteiger partial charge < -0.3 is 20.1 Å². The van der Waals surface area contributed by atoms with Crippen LogP contribution >= 0.6 is 0 Å². The Kier molecular flexibility index (Phi) is 10.6. The van der Waals surface area contributed by atoms with Crippen molar-refractivity contribution in [3.63, 3.8) is 0 Å². The fourth-order valence-corrected chi connectivity index (χ4v) is 5.75. The molecule has 0 aliphatic carbocycles. The van der Waals surface area contributed by atoms with Crippen LogP contribution in [0.1, 0.15) is 58.1 Å². The van der Waals surface area contributed by atoms with Gasteiger partial charge in [-0.05, 0) is 62.6 Å². The van der Waals surface area contributed by atoms with Gasteiger partial charge >= 0.3 is 16.3 Å². The molecule has 2 aromatic rings. The summed E-state index contributed by atoms with van der Waals surface area (Å²) in [6, 6.07) is 12.5. The molecule has 3 rings (SSSR count). The number of hydrogen-bond acceptors (Lipinski definition) is 7. The molecule has 1 heterocycles. The molecule has 1 aliphatic rings. The van der Waals surface area contributed by atoms with E-state index in [0.29, 0.717) is 29.1 Å². The van der Waals surface area contributed by atoms with Crippen LogP contribution in [-0.2, 0) is 37.5 Å². The van der Waals surface area contributed by atoms with Gasteiger partial charge in [0.2, 0.25) is 5.91 Å². The first-order chi connectivity index (χ1) is 19.3. The minimum atomic E-state index is -4.09. The van der Waals surface area contributed by atoms with E-state index in [1.54, 1.807) is 69.3 Å². The predicted octanol–water partition coefficient (Wildman–Crippen LogP) is 3.53. The Balaban J connectivity index is 1.72. The van der Waals surface area contributed by atoms with Crippen molar-refractivity contribution < 1.29 is 32.3 Å². The lowest BCUT2D eigenvalue weighted by molar-refractivity contribution is -0.124. The van der Waals surface area contributed by atoms with E-state index in [0.717, 1.165) is 27.9 Å². The maximum atomic E-state index is 13.3. The number of alkyl carbamates (subject to hydrolysis) is 1. The van der Waals surface area contributed by atoms with Crippen molar-refractivity contribution >= 4 is 33.8 Å². The number of rotatable bonds is 12. The van der Waals surface area contributed by atoms with Crippen LogP contribution in [0.4, 0.5) is 10.5 Å². The number of hydrogen-bond donors (Lipinski definition) is 2. The van der Waals surface area contributed by atoms with Gasteiger partial charge in [-0.25, -0.2) is 13.4 Å². The maximum Gasteiger partial charge on any atom is 0.408 e. The van der Waals surface area contributed by atoms with Gasteiger partial charge in [-0.1, -0.05) is 44.0 Å². The van der Waals surface area contributed by atoms with E-state index in [2.05, 4.69) is 17.6 Å². The molecule has 2 N–H and O–H groups in total. The van der Waals surface area contributed by atoms with Crippen LogP contribution in [0.15, 0.2) is 48.5 Å². The molecule has 0 spiro atoms. The SMILES string of the molecule is CCCCCNC(=O)C(Cc1ccc(N2CC(=O)N(Cc3ccc(OC)cc3)S2(=O)=O)cc1)NC(=O)OC(C)(C)C. The fraction of sp³-hybridized carbons (Fsp3) is 0.483. The Bertz CT molecular complexity index is 1310. The minimum absolute atomic E-state index is 0.0921. The summed E-state index contributed by atoms with van der Waals surface area (Å²) >= 11 is 0. The first kappa shape index (κ1) is 31.7. The summed E-state index contributed by atoms with van der Waals surface area (Å²) in [5.41, 5.74) is 0.932. The molecule has 0 bridgehead atoms. The van der Waals surface area contributed by atoms with E-state index in [9.17, 15) is 22.8 Å². The maximum absolute atomic E-state index is 13.3. The van der Waals surface area contributed by atoms with Crippen LogP contribution < -0.4 is 19.7 Å². The largest absolute Gasteiger partial charge is 0.497 e. The smallest absolute Gasteiger partial charge is 0.408 e. The van der Waals surface area contributed by atoms with Gasteiger partial charge in [0.1, 0.15) is 23.9 Å². The molecule has 0 saturated carbocycles. The van der Waals surface area contributed by atoms with Crippen LogP contribution in [0.5, 0.6) is 5.75 Å². The number of nitrogens with one attached hydrogen (secondary N) is 2. The van der Waals surface area contributed by atoms with Crippen molar-refractivity contribution in [1.29, 1.82) is 0 Å². The highest BCUT2D eigenvalue weighted by Crippen LogP contribution is 2.28. The highest BCUT2D eigenvalue weighted by atomic mass is 32.2. The fourth-order valence-electron chi connectivity index (χ4n) is 4.22. The molecule has 0 radical (unpaired) electrons. The summed E-state index contributed by atoms with van der Waals surface area (Å²) < 4.78 is 38.9. The van der Waals surface area contributed by atoms with Gasteiger partial charge in [0, 0.05) is 13.0 Å². The van der Waals surface area contributed by atoms with Gasteiger partial charge in [0.05, 0.1) is 19.3 Å². The van der Waals surface area contributed by atoms with Crippen molar-refractivity contribution in [2.24, 2.45) is 0 Å². The van der Waals surface area contributed by atoms with E-state index in [-0.39, 0.29) is 25.4 Å². The van der Waals surface area contributed by atoms with Crippen molar-refractivity contribution in [3.05, 3.63) is 59.7 Å². The van der Waals surface area contributed by atoms with Crippen molar-refractivity contribution in [1.82, 2.24) is 14.9 Å². The molecule has 1 unspecified atom stereocenters. The summed E-state index contributed by atoms with van der Waals surface area (Å²) in [4.78, 5) is 38.0. The minimum Gasteiger partial charge on any atom is -0.497 e. The molecule has 11 nitrogen and oxygen atoms in total. The Labute approximate surface area is 242 Å². The molecule has 2 aromatic carbocycles. The lowest BCUT2D eigenvalue weighted by Gasteiger charge is -2.24. The van der Waals surface area contributed by atoms with Gasteiger partial charge in [0.25, 0.3) is 5.91 Å². The average Bonchev–Trinajstić information content (AvgIpc) is 3.13. The van der Waals surface area contributed by atoms with Crippen molar-refractivity contribution in [2.45, 2.75) is 71.6 Å². The number of carbonyl (C=O) groups excluding carboxylic acids is 3. The Morgan fingerprint density at radius 3 is 2.22 bits per heavy atom. The predicted molar refractivity (Wildman–Crippen MR) is 156 cm³/mol. The number of unbranched alkanes of at least 4 members (excludes halogenated alkanes) is 2. The molecule has 41 heavy (non-hydrogen) atoms. The summed E-state index contributed by atoms with van der Waals surface area (Å²) in [7, 11) is -2.56. The van der Waals surface area contributed by atoms with E-state index in [1.807, 2.05) is 0 Å². The lowest BCUT2D eigenvalue weighted by atomic mass is 10.0. The quantitative estimate of drug-likeness (QED) is 0.362. The highest BCUT2D eigenvalue weighted by molar-refractivity contribution is 7.91. The van der Waals surface area contributed by atoms with E-state index in [4.69, 9.17) is 9.47 Å². The third kappa shape index (κ3) is 8.84. The topological polar surface area (TPSA) is 134 Å². The van der Waals surface area contributed by atoms with E-state index in [1.165, 1.54) is 7.11 Å². The summed E-state index contributed by atoms with van der Waals surface area (Å²) in [5, 5.41) is 5.51. The van der Waals surface area contributed by atoms with Gasteiger partial charge in [-0.15, -0.1) is 0 Å². The van der Waals surface area contributed by atoms with Crippen LogP contribution in [-0.4, -0.2) is 62.5 Å². The van der Waals surface area contributed by atoms with Crippen molar-refractivity contribution in [3.8, 4) is 5.75 Å². The molecule has 12 heteroatoms. The molecule has 1 saturated heterocycles. The van der Waals surface area contributed by atoms with Crippen LogP contribution in [0.3, 0.4) is 0 Å². The first-order valence-corrected chi connectivity index (χ1v) is 15.1. The normalized spacial score (nSPS) is 15.4. The second kappa shape index (κ2) is 13.7. The average molecular weight is 589 g/mol. The van der Waals surface area contributed by atoms with Gasteiger partial charge in [0.15, 0.2) is 0 Å². The highest BCUT2D eigenvalue weighted by Gasteiger charge is 2.42. The summed E-state index contributed by atoms with van der Waals surface area (Å²) in [5.74, 6) is -0.243. The number of nitrogens with zero attached hydrogens (tertiary/aromatic N) is 2. The monoisotopic (exact) mass is 588 g/mol. The first-order valence-electron chi connectivity index (χ1n) is 13.7. The number of carbonyl (C=O) groups is 3. The Morgan fingerprint density at radius 2 is 1.63 bits per heavy atom. The third-order valence-electron chi connectivity index (χ3n) is 6.35. The van der Waals surface area contributed by atoms with Crippen LogP contribution in [0, 0.1) is 0 Å². The second-order valence-electron chi connectivity index (χ2n) is 10.8. The standard InChI is InChI=1S/C29H40N4O7S/c1-6-7-8-17-30-27(35)25(31-28(36)40-29(2,3)4)18-21-9-13-23(14-10-21)32-20-26(34)33(41(32,37)38)19-22-11-15-24(39-5)16-12-22/h9-16,25H,6-8,17-20H2,1-5H3,(H,30,35)(H,31,36). The summed E-state index contributed by atoms with van der Waals surface area (Å²) in [6.07, 6.45) is 2.27. The van der Waals surface area contributed by atoms with E-state index < -0.39 is 33.9 Å². The molecule has 1 fully saturated rings. The molecule has 1 atom stereocenters. The van der Waals surface area contributed by atoms with Crippen LogP contribution in [0.2, 0.25) is 0 Å². The Hall–Kier alpha value is -3.80. The van der Waals surface area contributed by atoms with Crippen LogP contribution in [0.25, 0.3) is 0 Å². The molecule has 3 amide bonds.